The number of carboxylic acids is 1. The SMILES string of the molecule is C=C(C)C(CCC(=O)NCC(=O)O)NC(=O)CCCCCCCCCCCCCCCCC(C)=O. The van der Waals surface area contributed by atoms with Gasteiger partial charge in [-0.05, 0) is 33.1 Å². The number of nitrogens with one attached hydrogen (secondary N) is 2. The second kappa shape index (κ2) is 22.3. The largest absolute Gasteiger partial charge is 0.480 e. The third-order valence-electron chi connectivity index (χ3n) is 6.21. The van der Waals surface area contributed by atoms with Crippen molar-refractivity contribution in [2.45, 2.75) is 135 Å². The van der Waals surface area contributed by atoms with E-state index in [9.17, 15) is 19.2 Å². The molecule has 0 aromatic rings. The number of carboxylic acid groups (broad SMARTS) is 1. The Kier molecular flexibility index (Phi) is 20.9. The van der Waals surface area contributed by atoms with E-state index in [0.29, 0.717) is 18.6 Å². The lowest BCUT2D eigenvalue weighted by Crippen LogP contribution is -2.37. The maximum absolute atomic E-state index is 12.2. The van der Waals surface area contributed by atoms with Gasteiger partial charge in [-0.3, -0.25) is 14.4 Å². The second-order valence-electron chi connectivity index (χ2n) is 9.83. The van der Waals surface area contributed by atoms with Crippen molar-refractivity contribution in [1.29, 1.82) is 0 Å². The normalized spacial score (nSPS) is 11.6. The summed E-state index contributed by atoms with van der Waals surface area (Å²) in [6, 6.07) is -0.273. The van der Waals surface area contributed by atoms with E-state index in [2.05, 4.69) is 17.2 Å². The van der Waals surface area contributed by atoms with E-state index in [4.69, 9.17) is 5.11 Å². The Bertz CT molecular complexity index is 633. The highest BCUT2D eigenvalue weighted by Gasteiger charge is 2.15. The number of hydrogen-bond acceptors (Lipinski definition) is 4. The van der Waals surface area contributed by atoms with Crippen LogP contribution < -0.4 is 10.6 Å². The van der Waals surface area contributed by atoms with Crippen molar-refractivity contribution >= 4 is 23.6 Å². The first-order valence-corrected chi connectivity index (χ1v) is 13.6. The van der Waals surface area contributed by atoms with Crippen molar-refractivity contribution in [3.63, 3.8) is 0 Å². The van der Waals surface area contributed by atoms with Gasteiger partial charge in [0.25, 0.3) is 0 Å². The summed E-state index contributed by atoms with van der Waals surface area (Å²) >= 11 is 0. The third-order valence-corrected chi connectivity index (χ3v) is 6.21. The van der Waals surface area contributed by atoms with Crippen LogP contribution in [0.1, 0.15) is 129 Å². The van der Waals surface area contributed by atoms with Crippen LogP contribution >= 0.6 is 0 Å². The van der Waals surface area contributed by atoms with Crippen molar-refractivity contribution in [2.75, 3.05) is 6.54 Å². The smallest absolute Gasteiger partial charge is 0.322 e. The Hall–Kier alpha value is -2.18. The zero-order valence-corrected chi connectivity index (χ0v) is 22.3. The van der Waals surface area contributed by atoms with E-state index < -0.39 is 12.5 Å². The minimum Gasteiger partial charge on any atom is -0.480 e. The fraction of sp³-hybridized carbons (Fsp3) is 0.786. The quantitative estimate of drug-likeness (QED) is 0.115. The number of hydrogen-bond donors (Lipinski definition) is 3. The second-order valence-corrected chi connectivity index (χ2v) is 9.83. The molecule has 0 rings (SSSR count). The first-order valence-electron chi connectivity index (χ1n) is 13.6. The van der Waals surface area contributed by atoms with Crippen molar-refractivity contribution in [1.82, 2.24) is 10.6 Å². The van der Waals surface area contributed by atoms with Gasteiger partial charge >= 0.3 is 5.97 Å². The number of Topliss-reactive ketones (excluding diaryl/α,β-unsaturated/α-hetero) is 1. The lowest BCUT2D eigenvalue weighted by Gasteiger charge is -2.18. The fourth-order valence-corrected chi connectivity index (χ4v) is 4.03. The van der Waals surface area contributed by atoms with Crippen LogP contribution in [-0.2, 0) is 19.2 Å². The van der Waals surface area contributed by atoms with Gasteiger partial charge in [-0.1, -0.05) is 89.2 Å². The average molecular weight is 495 g/mol. The number of aliphatic carboxylic acids is 1. The molecule has 7 nitrogen and oxygen atoms in total. The Labute approximate surface area is 212 Å². The number of ketones is 1. The first kappa shape index (κ1) is 32.8. The molecule has 0 aromatic heterocycles. The lowest BCUT2D eigenvalue weighted by molar-refractivity contribution is -0.138. The average Bonchev–Trinajstić information content (AvgIpc) is 2.79. The van der Waals surface area contributed by atoms with Gasteiger partial charge in [0.2, 0.25) is 11.8 Å². The molecule has 0 aromatic carbocycles. The Morgan fingerprint density at radius 1 is 0.657 bits per heavy atom. The predicted octanol–water partition coefficient (Wildman–Crippen LogP) is 5.86. The number of carbonyl (C=O) groups excluding carboxylic acids is 3. The number of amides is 2. The highest BCUT2D eigenvalue weighted by molar-refractivity contribution is 5.81. The molecule has 2 amide bonds. The highest BCUT2D eigenvalue weighted by atomic mass is 16.4. The summed E-state index contributed by atoms with van der Waals surface area (Å²) in [7, 11) is 0. The van der Waals surface area contributed by atoms with Gasteiger partial charge in [0.1, 0.15) is 12.3 Å². The predicted molar refractivity (Wildman–Crippen MR) is 141 cm³/mol. The van der Waals surface area contributed by atoms with Crippen LogP contribution in [0.25, 0.3) is 0 Å². The molecule has 0 saturated heterocycles. The van der Waals surface area contributed by atoms with Gasteiger partial charge in [0.15, 0.2) is 0 Å². The monoisotopic (exact) mass is 494 g/mol. The Morgan fingerprint density at radius 2 is 1.09 bits per heavy atom. The molecule has 3 N–H and O–H groups in total. The van der Waals surface area contributed by atoms with Crippen molar-refractivity contribution in [3.05, 3.63) is 12.2 Å². The minimum atomic E-state index is -1.08. The van der Waals surface area contributed by atoms with Gasteiger partial charge in [0, 0.05) is 25.3 Å². The zero-order valence-electron chi connectivity index (χ0n) is 22.3. The van der Waals surface area contributed by atoms with Crippen LogP contribution in [0.5, 0.6) is 0 Å². The molecule has 202 valence electrons. The minimum absolute atomic E-state index is 0.0252. The van der Waals surface area contributed by atoms with E-state index in [0.717, 1.165) is 37.7 Å². The number of carbonyl (C=O) groups is 4. The van der Waals surface area contributed by atoms with E-state index >= 15 is 0 Å². The van der Waals surface area contributed by atoms with Gasteiger partial charge < -0.3 is 20.5 Å². The first-order chi connectivity index (χ1) is 16.7. The summed E-state index contributed by atoms with van der Waals surface area (Å²) in [5, 5.41) is 13.9. The van der Waals surface area contributed by atoms with Gasteiger partial charge in [0.05, 0.1) is 0 Å². The summed E-state index contributed by atoms with van der Waals surface area (Å²) in [5.74, 6) is -1.14. The topological polar surface area (TPSA) is 113 Å². The van der Waals surface area contributed by atoms with Crippen LogP contribution in [0.3, 0.4) is 0 Å². The summed E-state index contributed by atoms with van der Waals surface area (Å²) in [6.45, 7) is 6.98. The van der Waals surface area contributed by atoms with Gasteiger partial charge in [-0.25, -0.2) is 0 Å². The van der Waals surface area contributed by atoms with Crippen LogP contribution in [0.15, 0.2) is 12.2 Å². The molecule has 0 bridgehead atoms. The number of unbranched alkanes of at least 4 members (excludes halogenated alkanes) is 13. The summed E-state index contributed by atoms with van der Waals surface area (Å²) in [5.41, 5.74) is 0.786. The van der Waals surface area contributed by atoms with Crippen molar-refractivity contribution < 1.29 is 24.3 Å². The maximum Gasteiger partial charge on any atom is 0.322 e. The van der Waals surface area contributed by atoms with E-state index in [1.807, 2.05) is 6.92 Å². The summed E-state index contributed by atoms with van der Waals surface area (Å²) in [4.78, 5) is 45.3. The standard InChI is InChI=1S/C28H50N2O5/c1-23(2)25(20-21-26(32)29-22-28(34)35)30-27(33)19-17-15-13-11-9-7-5-4-6-8-10-12-14-16-18-24(3)31/h25H,1,4-22H2,2-3H3,(H,29,32)(H,30,33)(H,34,35). The Morgan fingerprint density at radius 3 is 1.49 bits per heavy atom. The molecule has 0 saturated carbocycles. The highest BCUT2D eigenvalue weighted by Crippen LogP contribution is 2.14. The van der Waals surface area contributed by atoms with Crippen LogP contribution in [0.4, 0.5) is 0 Å². The van der Waals surface area contributed by atoms with Crippen molar-refractivity contribution in [3.8, 4) is 0 Å². The molecule has 1 atom stereocenters. The molecule has 0 fully saturated rings. The van der Waals surface area contributed by atoms with Crippen LogP contribution in [0.2, 0.25) is 0 Å². The molecule has 0 aliphatic rings. The lowest BCUT2D eigenvalue weighted by atomic mass is 10.0. The van der Waals surface area contributed by atoms with Crippen LogP contribution in [-0.4, -0.2) is 41.3 Å². The molecule has 0 heterocycles. The van der Waals surface area contributed by atoms with Gasteiger partial charge in [-0.15, -0.1) is 0 Å². The molecule has 1 unspecified atom stereocenters. The van der Waals surface area contributed by atoms with E-state index in [-0.39, 0.29) is 24.3 Å². The third kappa shape index (κ3) is 23.3. The molecular formula is C28H50N2O5. The molecule has 7 heteroatoms. The number of rotatable bonds is 24. The molecule has 0 aliphatic heterocycles. The molecular weight excluding hydrogens is 444 g/mol. The molecule has 0 spiro atoms. The van der Waals surface area contributed by atoms with Crippen molar-refractivity contribution in [2.24, 2.45) is 0 Å². The molecule has 0 aliphatic carbocycles. The summed E-state index contributed by atoms with van der Waals surface area (Å²) < 4.78 is 0. The molecule has 35 heavy (non-hydrogen) atoms. The van der Waals surface area contributed by atoms with E-state index in [1.165, 1.54) is 64.2 Å². The fourth-order valence-electron chi connectivity index (χ4n) is 4.03. The zero-order chi connectivity index (χ0) is 26.3. The van der Waals surface area contributed by atoms with Crippen LogP contribution in [0, 0.1) is 0 Å². The maximum atomic E-state index is 12.2. The molecule has 0 radical (unpaired) electrons. The van der Waals surface area contributed by atoms with Gasteiger partial charge in [-0.2, -0.15) is 0 Å². The Balaban J connectivity index is 3.60. The van der Waals surface area contributed by atoms with E-state index in [1.54, 1.807) is 6.92 Å². The summed E-state index contributed by atoms with van der Waals surface area (Å²) in [6.07, 6.45) is 18.6.